The van der Waals surface area contributed by atoms with Crippen molar-refractivity contribution in [1.29, 1.82) is 0 Å². The second-order valence-corrected chi connectivity index (χ2v) is 7.23. The average Bonchev–Trinajstić information content (AvgIpc) is 2.72. The van der Waals surface area contributed by atoms with E-state index in [1.54, 1.807) is 6.20 Å². The van der Waals surface area contributed by atoms with Gasteiger partial charge in [0, 0.05) is 18.7 Å². The molecule has 0 bridgehead atoms. The second-order valence-electron chi connectivity index (χ2n) is 7.23. The Morgan fingerprint density at radius 2 is 1.96 bits per heavy atom. The number of piperidine rings is 1. The molecular formula is C21H25N3O3. The Balaban J connectivity index is 1.29. The van der Waals surface area contributed by atoms with Gasteiger partial charge < -0.3 is 20.1 Å². The number of hydrogen-bond acceptors (Lipinski definition) is 5. The van der Waals surface area contributed by atoms with E-state index in [-0.39, 0.29) is 17.9 Å². The Hall–Kier alpha value is -2.60. The highest BCUT2D eigenvalue weighted by atomic mass is 16.6. The van der Waals surface area contributed by atoms with Gasteiger partial charge in [0.15, 0.2) is 11.9 Å². The van der Waals surface area contributed by atoms with Crippen molar-refractivity contribution in [3.63, 3.8) is 0 Å². The first-order chi connectivity index (χ1) is 13.2. The number of benzene rings is 1. The quantitative estimate of drug-likeness (QED) is 0.878. The molecule has 2 aliphatic rings. The molecule has 2 aliphatic heterocycles. The topological polar surface area (TPSA) is 77.7 Å². The van der Waals surface area contributed by atoms with Crippen LogP contribution in [0.5, 0.6) is 11.6 Å². The zero-order valence-electron chi connectivity index (χ0n) is 15.3. The lowest BCUT2D eigenvalue weighted by Gasteiger charge is -2.30. The van der Waals surface area contributed by atoms with E-state index in [1.165, 1.54) is 5.56 Å². The van der Waals surface area contributed by atoms with Gasteiger partial charge in [-0.1, -0.05) is 24.3 Å². The number of carbonyl (C=O) groups is 1. The van der Waals surface area contributed by atoms with Gasteiger partial charge in [0.25, 0.3) is 5.88 Å². The van der Waals surface area contributed by atoms with Crippen LogP contribution in [0.2, 0.25) is 0 Å². The number of rotatable bonds is 5. The number of fused-ring (bicyclic) bond motifs is 1. The summed E-state index contributed by atoms with van der Waals surface area (Å²) in [6, 6.07) is 12.2. The van der Waals surface area contributed by atoms with E-state index < -0.39 is 0 Å². The summed E-state index contributed by atoms with van der Waals surface area (Å²) < 4.78 is 11.7. The monoisotopic (exact) mass is 367 g/mol. The highest BCUT2D eigenvalue weighted by Gasteiger charge is 2.24. The van der Waals surface area contributed by atoms with Crippen molar-refractivity contribution >= 4 is 5.91 Å². The van der Waals surface area contributed by atoms with Crippen molar-refractivity contribution in [2.45, 2.75) is 25.4 Å². The third kappa shape index (κ3) is 4.22. The molecule has 1 aromatic heterocycles. The van der Waals surface area contributed by atoms with Crippen molar-refractivity contribution < 1.29 is 14.3 Å². The van der Waals surface area contributed by atoms with E-state index in [1.807, 2.05) is 12.1 Å². The fraction of sp³-hybridized carbons (Fsp3) is 0.429. The molecule has 1 unspecified atom stereocenters. The minimum Gasteiger partial charge on any atom is -0.484 e. The molecule has 3 heterocycles. The van der Waals surface area contributed by atoms with Gasteiger partial charge in [-0.25, -0.2) is 4.98 Å². The van der Waals surface area contributed by atoms with Crippen molar-refractivity contribution in [2.24, 2.45) is 11.7 Å². The molecule has 0 spiro atoms. The summed E-state index contributed by atoms with van der Waals surface area (Å²) in [5.74, 6) is 1.15. The Kier molecular flexibility index (Phi) is 5.25. The number of pyridine rings is 1. The van der Waals surface area contributed by atoms with Crippen LogP contribution in [0, 0.1) is 5.92 Å². The van der Waals surface area contributed by atoms with E-state index in [2.05, 4.69) is 34.1 Å². The van der Waals surface area contributed by atoms with E-state index in [0.717, 1.165) is 44.5 Å². The zero-order chi connectivity index (χ0) is 18.6. The molecule has 142 valence electrons. The fourth-order valence-corrected chi connectivity index (χ4v) is 3.70. The van der Waals surface area contributed by atoms with Crippen LogP contribution in [0.3, 0.4) is 0 Å². The number of hydrogen-bond donors (Lipinski definition) is 1. The van der Waals surface area contributed by atoms with Gasteiger partial charge in [-0.15, -0.1) is 0 Å². The summed E-state index contributed by atoms with van der Waals surface area (Å²) in [7, 11) is 0. The summed E-state index contributed by atoms with van der Waals surface area (Å²) in [4.78, 5) is 17.9. The van der Waals surface area contributed by atoms with Crippen LogP contribution >= 0.6 is 0 Å². The molecule has 1 amide bonds. The van der Waals surface area contributed by atoms with Crippen molar-refractivity contribution in [2.75, 3.05) is 26.2 Å². The third-order valence-corrected chi connectivity index (χ3v) is 5.44. The van der Waals surface area contributed by atoms with Crippen molar-refractivity contribution in [1.82, 2.24) is 9.88 Å². The summed E-state index contributed by atoms with van der Waals surface area (Å²) >= 11 is 0. The van der Waals surface area contributed by atoms with E-state index in [4.69, 9.17) is 15.2 Å². The summed E-state index contributed by atoms with van der Waals surface area (Å²) in [5, 5.41) is 0. The van der Waals surface area contributed by atoms with Gasteiger partial charge >= 0.3 is 0 Å². The largest absolute Gasteiger partial charge is 0.484 e. The van der Waals surface area contributed by atoms with Crippen LogP contribution in [-0.4, -0.2) is 42.0 Å². The van der Waals surface area contributed by atoms with E-state index in [0.29, 0.717) is 18.2 Å². The number of aromatic nitrogens is 1. The molecule has 1 fully saturated rings. The van der Waals surface area contributed by atoms with Crippen LogP contribution in [0.1, 0.15) is 30.1 Å². The summed E-state index contributed by atoms with van der Waals surface area (Å²) in [5.41, 5.74) is 7.79. The maximum absolute atomic E-state index is 11.3. The second kappa shape index (κ2) is 7.96. The van der Waals surface area contributed by atoms with Gasteiger partial charge in [-0.3, -0.25) is 4.79 Å². The Bertz CT molecular complexity index is 786. The molecule has 0 radical (unpaired) electrons. The van der Waals surface area contributed by atoms with Crippen LogP contribution in [0.25, 0.3) is 0 Å². The molecule has 1 atom stereocenters. The molecule has 2 N–H and O–H groups in total. The fourth-order valence-electron chi connectivity index (χ4n) is 3.70. The number of likely N-dealkylation sites (tertiary alicyclic amines) is 1. The molecule has 1 aromatic carbocycles. The smallest absolute Gasteiger partial charge is 0.257 e. The minimum atomic E-state index is -0.156. The number of primary amides is 1. The normalized spacial score (nSPS) is 20.4. The number of ether oxygens (including phenoxy) is 2. The zero-order valence-corrected chi connectivity index (χ0v) is 15.3. The third-order valence-electron chi connectivity index (χ3n) is 5.44. The lowest BCUT2D eigenvalue weighted by atomic mass is 9.96. The maximum atomic E-state index is 11.3. The summed E-state index contributed by atoms with van der Waals surface area (Å²) in [6.07, 6.45) is 4.33. The highest BCUT2D eigenvalue weighted by Crippen LogP contribution is 2.33. The van der Waals surface area contributed by atoms with Crippen LogP contribution in [-0.2, 0) is 11.2 Å². The summed E-state index contributed by atoms with van der Waals surface area (Å²) in [6.45, 7) is 3.40. The van der Waals surface area contributed by atoms with Crippen LogP contribution < -0.4 is 15.2 Å². The Labute approximate surface area is 159 Å². The molecule has 1 saturated heterocycles. The number of carbonyl (C=O) groups excluding carboxylic acids is 1. The number of nitrogens with zero attached hydrogens (tertiary/aromatic N) is 2. The number of nitrogens with two attached hydrogens (primary N) is 1. The maximum Gasteiger partial charge on any atom is 0.257 e. The molecule has 6 heteroatoms. The van der Waals surface area contributed by atoms with Gasteiger partial charge in [0.1, 0.15) is 6.61 Å². The van der Waals surface area contributed by atoms with Crippen molar-refractivity contribution in [3.8, 4) is 11.6 Å². The highest BCUT2D eigenvalue weighted by molar-refractivity contribution is 5.76. The standard InChI is InChI=1S/C21H25N3O3/c22-20(25)17-8-12-24(13-9-17)11-7-15-3-5-16(6-4-15)19-14-26-18-2-1-10-23-21(18)27-19/h1-6,10,17,19H,7-9,11-14H2,(H2,22,25). The Morgan fingerprint density at radius 1 is 1.19 bits per heavy atom. The predicted molar refractivity (Wildman–Crippen MR) is 102 cm³/mol. The first-order valence-corrected chi connectivity index (χ1v) is 9.54. The van der Waals surface area contributed by atoms with E-state index in [9.17, 15) is 4.79 Å². The first-order valence-electron chi connectivity index (χ1n) is 9.54. The van der Waals surface area contributed by atoms with Crippen LogP contribution in [0.15, 0.2) is 42.6 Å². The molecule has 27 heavy (non-hydrogen) atoms. The van der Waals surface area contributed by atoms with E-state index >= 15 is 0 Å². The molecule has 0 aliphatic carbocycles. The first kappa shape index (κ1) is 17.8. The SMILES string of the molecule is NC(=O)C1CCN(CCc2ccc(C3COc4cccnc4O3)cc2)CC1. The average molecular weight is 367 g/mol. The molecule has 0 saturated carbocycles. The van der Waals surface area contributed by atoms with Gasteiger partial charge in [-0.05, 0) is 55.6 Å². The van der Waals surface area contributed by atoms with Crippen molar-refractivity contribution in [3.05, 3.63) is 53.7 Å². The molecule has 2 aromatic rings. The lowest BCUT2D eigenvalue weighted by Crippen LogP contribution is -2.39. The lowest BCUT2D eigenvalue weighted by molar-refractivity contribution is -0.123. The Morgan fingerprint density at radius 3 is 2.70 bits per heavy atom. The minimum absolute atomic E-state index is 0.0536. The predicted octanol–water partition coefficient (Wildman–Crippen LogP) is 2.33. The molecule has 6 nitrogen and oxygen atoms in total. The number of amides is 1. The molecule has 4 rings (SSSR count). The van der Waals surface area contributed by atoms with Crippen LogP contribution in [0.4, 0.5) is 0 Å². The van der Waals surface area contributed by atoms with Gasteiger partial charge in [0.05, 0.1) is 0 Å². The van der Waals surface area contributed by atoms with Gasteiger partial charge in [0.2, 0.25) is 5.91 Å². The van der Waals surface area contributed by atoms with Gasteiger partial charge in [-0.2, -0.15) is 0 Å². The molecular weight excluding hydrogens is 342 g/mol.